The fourth-order valence-electron chi connectivity index (χ4n) is 3.09. The summed E-state index contributed by atoms with van der Waals surface area (Å²) < 4.78 is 13.1. The number of hydrogen-bond acceptors (Lipinski definition) is 4. The maximum Gasteiger partial charge on any atom is 0.255 e. The first kappa shape index (κ1) is 17.4. The molecule has 1 aliphatic heterocycles. The molecule has 1 aromatic carbocycles. The Hall–Kier alpha value is -2.47. The molecule has 1 fully saturated rings. The number of pyridine rings is 1. The number of anilines is 1. The first-order valence-electron chi connectivity index (χ1n) is 8.30. The Morgan fingerprint density at radius 2 is 1.80 bits per heavy atom. The fourth-order valence-corrected chi connectivity index (χ4v) is 3.09. The third-order valence-electron chi connectivity index (χ3n) is 4.71. The molecule has 0 atom stereocenters. The van der Waals surface area contributed by atoms with Crippen LogP contribution in [-0.2, 0) is 5.60 Å². The third-order valence-corrected chi connectivity index (χ3v) is 4.71. The summed E-state index contributed by atoms with van der Waals surface area (Å²) in [7, 11) is 3.79. The number of piperidine rings is 1. The minimum Gasteiger partial charge on any atom is -0.385 e. The highest BCUT2D eigenvalue weighted by Gasteiger charge is 2.35. The van der Waals surface area contributed by atoms with Crippen LogP contribution in [0.1, 0.15) is 28.8 Å². The zero-order valence-corrected chi connectivity index (χ0v) is 14.4. The number of carbonyl (C=O) groups is 1. The summed E-state index contributed by atoms with van der Waals surface area (Å²) in [5, 5.41) is 10.8. The molecule has 0 saturated carbocycles. The molecule has 25 heavy (non-hydrogen) atoms. The van der Waals surface area contributed by atoms with Crippen molar-refractivity contribution in [2.45, 2.75) is 18.4 Å². The Bertz CT molecular complexity index is 736. The molecular formula is C19H22FN3O2. The van der Waals surface area contributed by atoms with Crippen molar-refractivity contribution in [3.63, 3.8) is 0 Å². The van der Waals surface area contributed by atoms with Gasteiger partial charge in [0.1, 0.15) is 11.6 Å². The Labute approximate surface area is 146 Å². The molecule has 0 bridgehead atoms. The van der Waals surface area contributed by atoms with Crippen LogP contribution in [-0.4, -0.2) is 48.1 Å². The highest BCUT2D eigenvalue weighted by Crippen LogP contribution is 2.33. The smallest absolute Gasteiger partial charge is 0.255 e. The van der Waals surface area contributed by atoms with E-state index in [0.29, 0.717) is 37.1 Å². The number of benzene rings is 1. The van der Waals surface area contributed by atoms with Crippen LogP contribution in [0.3, 0.4) is 0 Å². The van der Waals surface area contributed by atoms with E-state index in [4.69, 9.17) is 0 Å². The number of halogens is 1. The predicted molar refractivity (Wildman–Crippen MR) is 94.0 cm³/mol. The molecule has 0 unspecified atom stereocenters. The summed E-state index contributed by atoms with van der Waals surface area (Å²) in [4.78, 5) is 20.5. The molecule has 1 aliphatic rings. The third kappa shape index (κ3) is 3.64. The van der Waals surface area contributed by atoms with Crippen LogP contribution in [0.15, 0.2) is 42.6 Å². The van der Waals surface area contributed by atoms with Gasteiger partial charge in [-0.3, -0.25) is 4.79 Å². The Balaban J connectivity index is 1.67. The molecule has 3 rings (SSSR count). The van der Waals surface area contributed by atoms with Gasteiger partial charge in [-0.2, -0.15) is 0 Å². The van der Waals surface area contributed by atoms with Crippen LogP contribution >= 0.6 is 0 Å². The van der Waals surface area contributed by atoms with Crippen LogP contribution in [0.4, 0.5) is 10.2 Å². The van der Waals surface area contributed by atoms with Crippen LogP contribution in [0.5, 0.6) is 0 Å². The lowest BCUT2D eigenvalue weighted by atomic mass is 9.84. The average molecular weight is 343 g/mol. The molecule has 132 valence electrons. The molecular weight excluding hydrogens is 321 g/mol. The Kier molecular flexibility index (Phi) is 4.72. The van der Waals surface area contributed by atoms with Crippen LogP contribution < -0.4 is 4.90 Å². The normalized spacial score (nSPS) is 16.6. The summed E-state index contributed by atoms with van der Waals surface area (Å²) >= 11 is 0. The van der Waals surface area contributed by atoms with Gasteiger partial charge in [-0.25, -0.2) is 9.37 Å². The van der Waals surface area contributed by atoms with Gasteiger partial charge in [0.05, 0.1) is 11.2 Å². The molecule has 2 aromatic rings. The largest absolute Gasteiger partial charge is 0.385 e. The van der Waals surface area contributed by atoms with E-state index in [1.807, 2.05) is 25.1 Å². The number of likely N-dealkylation sites (tertiary alicyclic amines) is 1. The highest BCUT2D eigenvalue weighted by molar-refractivity contribution is 5.94. The van der Waals surface area contributed by atoms with Crippen molar-refractivity contribution in [3.8, 4) is 0 Å². The number of rotatable bonds is 3. The van der Waals surface area contributed by atoms with E-state index in [1.165, 1.54) is 12.1 Å². The monoisotopic (exact) mass is 343 g/mol. The van der Waals surface area contributed by atoms with Gasteiger partial charge in [-0.15, -0.1) is 0 Å². The molecule has 5 nitrogen and oxygen atoms in total. The lowest BCUT2D eigenvalue weighted by Gasteiger charge is -2.38. The Morgan fingerprint density at radius 3 is 2.32 bits per heavy atom. The fraction of sp³-hybridized carbons (Fsp3) is 0.368. The van der Waals surface area contributed by atoms with E-state index in [9.17, 15) is 14.3 Å². The van der Waals surface area contributed by atoms with E-state index < -0.39 is 5.60 Å². The van der Waals surface area contributed by atoms with Crippen LogP contribution in [0, 0.1) is 5.82 Å². The average Bonchev–Trinajstić information content (AvgIpc) is 2.62. The van der Waals surface area contributed by atoms with Gasteiger partial charge in [0, 0.05) is 33.4 Å². The van der Waals surface area contributed by atoms with Crippen molar-refractivity contribution in [3.05, 3.63) is 59.5 Å². The number of aliphatic hydroxyl groups is 1. The summed E-state index contributed by atoms with van der Waals surface area (Å²) in [6.07, 6.45) is 2.43. The molecule has 2 heterocycles. The number of aromatic nitrogens is 1. The zero-order valence-electron chi connectivity index (χ0n) is 14.4. The van der Waals surface area contributed by atoms with E-state index in [-0.39, 0.29) is 11.7 Å². The molecule has 0 aliphatic carbocycles. The van der Waals surface area contributed by atoms with Crippen molar-refractivity contribution in [1.29, 1.82) is 0 Å². The first-order chi connectivity index (χ1) is 11.9. The van der Waals surface area contributed by atoms with Gasteiger partial charge in [-0.05, 0) is 42.7 Å². The van der Waals surface area contributed by atoms with Crippen molar-refractivity contribution in [2.24, 2.45) is 0 Å². The molecule has 0 spiro atoms. The lowest BCUT2D eigenvalue weighted by Crippen LogP contribution is -2.45. The molecule has 1 saturated heterocycles. The molecule has 1 aromatic heterocycles. The van der Waals surface area contributed by atoms with Crippen molar-refractivity contribution in [2.75, 3.05) is 32.1 Å². The number of carbonyl (C=O) groups excluding carboxylic acids is 1. The lowest BCUT2D eigenvalue weighted by molar-refractivity contribution is -0.0211. The minimum absolute atomic E-state index is 0.0843. The highest BCUT2D eigenvalue weighted by atomic mass is 19.1. The van der Waals surface area contributed by atoms with Gasteiger partial charge >= 0.3 is 0 Å². The second kappa shape index (κ2) is 6.80. The maximum atomic E-state index is 13.1. The standard InChI is InChI=1S/C19H22FN3O2/c1-22(2)17-8-3-14(13-21-17)18(24)23-11-9-19(25,10-12-23)15-4-6-16(20)7-5-15/h3-8,13,25H,9-12H2,1-2H3. The predicted octanol–water partition coefficient (Wildman–Crippen LogP) is 2.41. The van der Waals surface area contributed by atoms with E-state index in [0.717, 1.165) is 5.82 Å². The van der Waals surface area contributed by atoms with Crippen molar-refractivity contribution < 1.29 is 14.3 Å². The SMILES string of the molecule is CN(C)c1ccc(C(=O)N2CCC(O)(c3ccc(F)cc3)CC2)cn1. The van der Waals surface area contributed by atoms with Crippen LogP contribution in [0.2, 0.25) is 0 Å². The Morgan fingerprint density at radius 1 is 1.16 bits per heavy atom. The topological polar surface area (TPSA) is 56.7 Å². The number of hydrogen-bond donors (Lipinski definition) is 1. The summed E-state index contributed by atoms with van der Waals surface area (Å²) in [6.45, 7) is 0.893. The maximum absolute atomic E-state index is 13.1. The number of nitrogens with zero attached hydrogens (tertiary/aromatic N) is 3. The van der Waals surface area contributed by atoms with Gasteiger partial charge in [0.25, 0.3) is 5.91 Å². The quantitative estimate of drug-likeness (QED) is 0.930. The molecule has 1 N–H and O–H groups in total. The minimum atomic E-state index is -1.02. The van der Waals surface area contributed by atoms with E-state index in [1.54, 1.807) is 29.3 Å². The van der Waals surface area contributed by atoms with Crippen molar-refractivity contribution in [1.82, 2.24) is 9.88 Å². The van der Waals surface area contributed by atoms with E-state index >= 15 is 0 Å². The van der Waals surface area contributed by atoms with Gasteiger partial charge in [0.2, 0.25) is 0 Å². The van der Waals surface area contributed by atoms with Gasteiger partial charge in [0.15, 0.2) is 0 Å². The van der Waals surface area contributed by atoms with Gasteiger partial charge < -0.3 is 14.9 Å². The zero-order chi connectivity index (χ0) is 18.0. The van der Waals surface area contributed by atoms with E-state index in [2.05, 4.69) is 4.98 Å². The molecule has 1 amide bonds. The van der Waals surface area contributed by atoms with Crippen LogP contribution in [0.25, 0.3) is 0 Å². The van der Waals surface area contributed by atoms with Crippen molar-refractivity contribution >= 4 is 11.7 Å². The second-order valence-electron chi connectivity index (χ2n) is 6.63. The summed E-state index contributed by atoms with van der Waals surface area (Å²) in [5.74, 6) is 0.383. The molecule has 0 radical (unpaired) electrons. The summed E-state index contributed by atoms with van der Waals surface area (Å²) in [5.41, 5.74) is 0.216. The number of amides is 1. The summed E-state index contributed by atoms with van der Waals surface area (Å²) in [6, 6.07) is 9.50. The first-order valence-corrected chi connectivity index (χ1v) is 8.30. The van der Waals surface area contributed by atoms with Gasteiger partial charge in [-0.1, -0.05) is 12.1 Å². The molecule has 6 heteroatoms. The second-order valence-corrected chi connectivity index (χ2v) is 6.63.